The second-order valence-corrected chi connectivity index (χ2v) is 8.49. The number of aromatic amines is 1. The van der Waals surface area contributed by atoms with Crippen LogP contribution in [0.3, 0.4) is 0 Å². The lowest BCUT2D eigenvalue weighted by Crippen LogP contribution is -2.49. The highest BCUT2D eigenvalue weighted by atomic mass is 32.2. The van der Waals surface area contributed by atoms with Gasteiger partial charge in [0.05, 0.1) is 5.25 Å². The monoisotopic (exact) mass is 319 g/mol. The van der Waals surface area contributed by atoms with Crippen molar-refractivity contribution in [2.75, 3.05) is 26.2 Å². The van der Waals surface area contributed by atoms with Crippen molar-refractivity contribution in [1.82, 2.24) is 14.2 Å². The van der Waals surface area contributed by atoms with Crippen LogP contribution in [0.5, 0.6) is 0 Å². The number of nitrogens with zero attached hydrogens (tertiary/aromatic N) is 2. The molecule has 1 aliphatic carbocycles. The molecule has 2 fully saturated rings. The average Bonchev–Trinajstić information content (AvgIpc) is 3.32. The molecule has 6 heteroatoms. The summed E-state index contributed by atoms with van der Waals surface area (Å²) in [5, 5.41) is 1.17. The lowest BCUT2D eigenvalue weighted by Gasteiger charge is -2.33. The van der Waals surface area contributed by atoms with Crippen molar-refractivity contribution >= 4 is 20.9 Å². The summed E-state index contributed by atoms with van der Waals surface area (Å²) in [7, 11) is -3.01. The van der Waals surface area contributed by atoms with Gasteiger partial charge in [-0.2, -0.15) is 4.31 Å². The van der Waals surface area contributed by atoms with Crippen LogP contribution in [-0.2, 0) is 16.6 Å². The number of H-pyrrole nitrogens is 1. The molecule has 0 radical (unpaired) electrons. The SMILES string of the molecule is O=S(=O)(C1CC1)N1CCN(Cc2c[nH]c3ccccc23)CC1. The predicted molar refractivity (Wildman–Crippen MR) is 87.1 cm³/mol. The van der Waals surface area contributed by atoms with Gasteiger partial charge in [-0.05, 0) is 24.5 Å². The normalized spacial score (nSPS) is 21.5. The Bertz CT molecular complexity index is 772. The molecular weight excluding hydrogens is 298 g/mol. The number of benzene rings is 1. The van der Waals surface area contributed by atoms with Crippen molar-refractivity contribution in [3.8, 4) is 0 Å². The number of para-hydroxylation sites is 1. The van der Waals surface area contributed by atoms with E-state index in [-0.39, 0.29) is 5.25 Å². The maximum Gasteiger partial charge on any atom is 0.217 e. The number of hydrogen-bond acceptors (Lipinski definition) is 3. The predicted octanol–water partition coefficient (Wildman–Crippen LogP) is 1.78. The van der Waals surface area contributed by atoms with E-state index in [4.69, 9.17) is 0 Å². The Labute approximate surface area is 131 Å². The lowest BCUT2D eigenvalue weighted by molar-refractivity contribution is 0.182. The van der Waals surface area contributed by atoms with Crippen molar-refractivity contribution in [3.05, 3.63) is 36.0 Å². The van der Waals surface area contributed by atoms with Crippen molar-refractivity contribution < 1.29 is 8.42 Å². The van der Waals surface area contributed by atoms with Gasteiger partial charge >= 0.3 is 0 Å². The molecule has 118 valence electrons. The maximum absolute atomic E-state index is 12.2. The minimum Gasteiger partial charge on any atom is -0.361 e. The van der Waals surface area contributed by atoms with Gasteiger partial charge in [-0.3, -0.25) is 4.90 Å². The van der Waals surface area contributed by atoms with E-state index in [1.807, 2.05) is 6.07 Å². The van der Waals surface area contributed by atoms with Crippen LogP contribution < -0.4 is 0 Å². The third-order valence-corrected chi connectivity index (χ3v) is 7.10. The summed E-state index contributed by atoms with van der Waals surface area (Å²) in [5.74, 6) is 0. The van der Waals surface area contributed by atoms with Crippen molar-refractivity contribution in [2.45, 2.75) is 24.6 Å². The fourth-order valence-electron chi connectivity index (χ4n) is 3.22. The van der Waals surface area contributed by atoms with E-state index in [1.54, 1.807) is 4.31 Å². The van der Waals surface area contributed by atoms with Gasteiger partial charge < -0.3 is 4.98 Å². The summed E-state index contributed by atoms with van der Waals surface area (Å²) in [5.41, 5.74) is 2.45. The first kappa shape index (κ1) is 14.2. The second kappa shape index (κ2) is 5.37. The largest absolute Gasteiger partial charge is 0.361 e. The molecule has 2 aliphatic rings. The molecule has 5 nitrogen and oxygen atoms in total. The molecule has 1 saturated carbocycles. The van der Waals surface area contributed by atoms with Crippen LogP contribution in [0.1, 0.15) is 18.4 Å². The quantitative estimate of drug-likeness (QED) is 0.934. The molecule has 0 atom stereocenters. The molecule has 1 N–H and O–H groups in total. The van der Waals surface area contributed by atoms with Crippen molar-refractivity contribution in [2.24, 2.45) is 0 Å². The van der Waals surface area contributed by atoms with Crippen LogP contribution in [0.2, 0.25) is 0 Å². The smallest absolute Gasteiger partial charge is 0.217 e. The zero-order valence-corrected chi connectivity index (χ0v) is 13.3. The summed E-state index contributed by atoms with van der Waals surface area (Å²) in [4.78, 5) is 5.64. The fourth-order valence-corrected chi connectivity index (χ4v) is 5.05. The summed E-state index contributed by atoms with van der Waals surface area (Å²) in [6.45, 7) is 3.75. The number of hydrogen-bond donors (Lipinski definition) is 1. The van der Waals surface area contributed by atoms with Gasteiger partial charge in [0.25, 0.3) is 0 Å². The molecule has 2 aromatic rings. The molecule has 22 heavy (non-hydrogen) atoms. The second-order valence-electron chi connectivity index (χ2n) is 6.28. The number of rotatable bonds is 4. The molecule has 1 aromatic carbocycles. The number of piperazine rings is 1. The Hall–Kier alpha value is -1.37. The van der Waals surface area contributed by atoms with E-state index in [0.717, 1.165) is 38.0 Å². The molecular formula is C16H21N3O2S. The first-order valence-corrected chi connectivity index (χ1v) is 9.41. The van der Waals surface area contributed by atoms with E-state index < -0.39 is 10.0 Å². The number of sulfonamides is 1. The molecule has 2 heterocycles. The molecule has 0 unspecified atom stereocenters. The van der Waals surface area contributed by atoms with Crippen LogP contribution in [-0.4, -0.2) is 54.0 Å². The minimum absolute atomic E-state index is 0.0901. The standard InChI is InChI=1S/C16H21N3O2S/c20-22(21,14-5-6-14)19-9-7-18(8-10-19)12-13-11-17-16-4-2-1-3-15(13)16/h1-4,11,14,17H,5-10,12H2. The van der Waals surface area contributed by atoms with E-state index >= 15 is 0 Å². The van der Waals surface area contributed by atoms with E-state index in [1.165, 1.54) is 10.9 Å². The Balaban J connectivity index is 1.42. The molecule has 0 amide bonds. The van der Waals surface area contributed by atoms with Gasteiger partial charge in [-0.1, -0.05) is 18.2 Å². The third-order valence-electron chi connectivity index (χ3n) is 4.71. The Kier molecular flexibility index (Phi) is 3.47. The topological polar surface area (TPSA) is 56.4 Å². The van der Waals surface area contributed by atoms with Crippen LogP contribution in [0, 0.1) is 0 Å². The third kappa shape index (κ3) is 2.55. The minimum atomic E-state index is -3.01. The summed E-state index contributed by atoms with van der Waals surface area (Å²) in [6.07, 6.45) is 3.76. The average molecular weight is 319 g/mol. The van der Waals surface area contributed by atoms with E-state index in [9.17, 15) is 8.42 Å². The Morgan fingerprint density at radius 2 is 1.82 bits per heavy atom. The van der Waals surface area contributed by atoms with Gasteiger partial charge in [0.1, 0.15) is 0 Å². The zero-order valence-electron chi connectivity index (χ0n) is 12.5. The van der Waals surface area contributed by atoms with Crippen LogP contribution in [0.4, 0.5) is 0 Å². The number of nitrogens with one attached hydrogen (secondary N) is 1. The molecule has 1 aliphatic heterocycles. The van der Waals surface area contributed by atoms with Crippen molar-refractivity contribution in [1.29, 1.82) is 0 Å². The summed E-state index contributed by atoms with van der Waals surface area (Å²) < 4.78 is 26.2. The van der Waals surface area contributed by atoms with Gasteiger partial charge in [0, 0.05) is 49.8 Å². The molecule has 1 aromatic heterocycles. The lowest BCUT2D eigenvalue weighted by atomic mass is 10.1. The highest BCUT2D eigenvalue weighted by molar-refractivity contribution is 7.90. The van der Waals surface area contributed by atoms with Gasteiger partial charge in [0.15, 0.2) is 0 Å². The maximum atomic E-state index is 12.2. The Morgan fingerprint density at radius 3 is 2.55 bits per heavy atom. The summed E-state index contributed by atoms with van der Waals surface area (Å²) >= 11 is 0. The van der Waals surface area contributed by atoms with Gasteiger partial charge in [0.2, 0.25) is 10.0 Å². The highest BCUT2D eigenvalue weighted by Gasteiger charge is 2.40. The van der Waals surface area contributed by atoms with Crippen LogP contribution >= 0.6 is 0 Å². The zero-order chi connectivity index (χ0) is 15.2. The van der Waals surface area contributed by atoms with E-state index in [2.05, 4.69) is 34.3 Å². The van der Waals surface area contributed by atoms with Gasteiger partial charge in [-0.15, -0.1) is 0 Å². The first-order chi connectivity index (χ1) is 10.6. The van der Waals surface area contributed by atoms with Gasteiger partial charge in [-0.25, -0.2) is 8.42 Å². The van der Waals surface area contributed by atoms with E-state index in [0.29, 0.717) is 13.1 Å². The van der Waals surface area contributed by atoms with Crippen LogP contribution in [0.15, 0.2) is 30.5 Å². The first-order valence-electron chi connectivity index (χ1n) is 7.91. The molecule has 0 spiro atoms. The fraction of sp³-hybridized carbons (Fsp3) is 0.500. The number of aromatic nitrogens is 1. The Morgan fingerprint density at radius 1 is 1.09 bits per heavy atom. The van der Waals surface area contributed by atoms with Crippen LogP contribution in [0.25, 0.3) is 10.9 Å². The molecule has 1 saturated heterocycles. The number of fused-ring (bicyclic) bond motifs is 1. The molecule has 0 bridgehead atoms. The molecule has 4 rings (SSSR count). The highest BCUT2D eigenvalue weighted by Crippen LogP contribution is 2.31. The van der Waals surface area contributed by atoms with Crippen molar-refractivity contribution in [3.63, 3.8) is 0 Å². The summed E-state index contributed by atoms with van der Waals surface area (Å²) in [6, 6.07) is 8.30.